The topological polar surface area (TPSA) is 88.8 Å². The Bertz CT molecular complexity index is 1310. The standard InChI is InChI=1S/C21H18ClF4N5O3/c1-10-17(22)11(2)31-18(28-10)14-8-30(9-15(14)29-31)19(32)13-4-3-12(23)7-16(13)34-6-5-27-20(33)21(24,25)26/h3-4,7H,5-6,8-9H2,1-2H3,(H,27,33). The second-order valence-electron chi connectivity index (χ2n) is 7.66. The lowest BCUT2D eigenvalue weighted by atomic mass is 10.1. The number of ether oxygens (including phenoxy) is 1. The number of amides is 2. The Morgan fingerprint density at radius 2 is 1.97 bits per heavy atom. The van der Waals surface area contributed by atoms with Crippen molar-refractivity contribution in [3.8, 4) is 5.75 Å². The second-order valence-corrected chi connectivity index (χ2v) is 8.04. The maximum Gasteiger partial charge on any atom is 0.471 e. The van der Waals surface area contributed by atoms with Gasteiger partial charge in [0.1, 0.15) is 18.2 Å². The van der Waals surface area contributed by atoms with Gasteiger partial charge in [0.2, 0.25) is 0 Å². The molecule has 34 heavy (non-hydrogen) atoms. The molecule has 2 amide bonds. The Balaban J connectivity index is 1.50. The van der Waals surface area contributed by atoms with Crippen LogP contribution in [0.4, 0.5) is 17.6 Å². The molecule has 2 aromatic heterocycles. The van der Waals surface area contributed by atoms with Crippen LogP contribution in [0.15, 0.2) is 18.2 Å². The molecule has 0 aliphatic carbocycles. The zero-order valence-electron chi connectivity index (χ0n) is 18.0. The second kappa shape index (κ2) is 8.75. The number of benzene rings is 1. The third-order valence-corrected chi connectivity index (χ3v) is 5.87. The van der Waals surface area contributed by atoms with E-state index in [1.54, 1.807) is 16.8 Å². The quantitative estimate of drug-likeness (QED) is 0.429. The van der Waals surface area contributed by atoms with Gasteiger partial charge in [0.15, 0.2) is 5.65 Å². The largest absolute Gasteiger partial charge is 0.491 e. The highest BCUT2D eigenvalue weighted by Crippen LogP contribution is 2.31. The van der Waals surface area contributed by atoms with Crippen molar-refractivity contribution in [2.75, 3.05) is 13.2 Å². The molecule has 3 aromatic rings. The number of aryl methyl sites for hydroxylation is 2. The first-order valence-electron chi connectivity index (χ1n) is 10.1. The van der Waals surface area contributed by atoms with Gasteiger partial charge in [-0.15, -0.1) is 0 Å². The lowest BCUT2D eigenvalue weighted by Gasteiger charge is -2.19. The SMILES string of the molecule is Cc1nc2c3c(nn2c(C)c1Cl)CN(C(=O)c1ccc(F)cc1OCCNC(=O)C(F)(F)F)C3. The third-order valence-electron chi connectivity index (χ3n) is 5.32. The monoisotopic (exact) mass is 499 g/mol. The number of hydrogen-bond acceptors (Lipinski definition) is 5. The fourth-order valence-electron chi connectivity index (χ4n) is 3.65. The van der Waals surface area contributed by atoms with E-state index in [1.165, 1.54) is 11.0 Å². The van der Waals surface area contributed by atoms with Crippen molar-refractivity contribution < 1.29 is 31.9 Å². The summed E-state index contributed by atoms with van der Waals surface area (Å²) in [6.07, 6.45) is -5.03. The molecule has 1 aromatic carbocycles. The van der Waals surface area contributed by atoms with Crippen LogP contribution in [0.5, 0.6) is 5.75 Å². The predicted molar refractivity (Wildman–Crippen MR) is 112 cm³/mol. The predicted octanol–water partition coefficient (Wildman–Crippen LogP) is 3.35. The maximum absolute atomic E-state index is 13.8. The molecular formula is C21H18ClF4N5O3. The van der Waals surface area contributed by atoms with Gasteiger partial charge in [0.05, 0.1) is 47.3 Å². The van der Waals surface area contributed by atoms with Gasteiger partial charge in [0, 0.05) is 11.6 Å². The van der Waals surface area contributed by atoms with Gasteiger partial charge in [-0.05, 0) is 26.0 Å². The molecule has 0 fully saturated rings. The fraction of sp³-hybridized carbons (Fsp3) is 0.333. The van der Waals surface area contributed by atoms with E-state index in [0.717, 1.165) is 23.4 Å². The van der Waals surface area contributed by atoms with E-state index >= 15 is 0 Å². The molecule has 8 nitrogen and oxygen atoms in total. The molecule has 3 heterocycles. The van der Waals surface area contributed by atoms with Crippen LogP contribution in [-0.4, -0.2) is 50.6 Å². The molecule has 4 rings (SSSR count). The van der Waals surface area contributed by atoms with Crippen molar-refractivity contribution in [3.05, 3.63) is 57.2 Å². The summed E-state index contributed by atoms with van der Waals surface area (Å²) in [6, 6.07) is 3.27. The van der Waals surface area contributed by atoms with Crippen LogP contribution in [0.1, 0.15) is 33.0 Å². The van der Waals surface area contributed by atoms with E-state index in [1.807, 2.05) is 6.92 Å². The Labute approximate surface area is 195 Å². The van der Waals surface area contributed by atoms with Crippen molar-refractivity contribution in [1.29, 1.82) is 0 Å². The number of fused-ring (bicyclic) bond motifs is 3. The molecule has 0 atom stereocenters. The average molecular weight is 500 g/mol. The molecule has 180 valence electrons. The smallest absolute Gasteiger partial charge is 0.471 e. The van der Waals surface area contributed by atoms with Gasteiger partial charge in [-0.1, -0.05) is 11.6 Å². The molecule has 0 spiro atoms. The molecule has 1 N–H and O–H groups in total. The Kier molecular flexibility index (Phi) is 6.11. The van der Waals surface area contributed by atoms with E-state index in [-0.39, 0.29) is 24.4 Å². The molecule has 0 radical (unpaired) electrons. The Morgan fingerprint density at radius 3 is 2.68 bits per heavy atom. The number of aromatic nitrogens is 3. The number of alkyl halides is 3. The lowest BCUT2D eigenvalue weighted by Crippen LogP contribution is -2.38. The normalized spacial score (nSPS) is 13.3. The lowest BCUT2D eigenvalue weighted by molar-refractivity contribution is -0.173. The number of halogens is 5. The van der Waals surface area contributed by atoms with E-state index in [9.17, 15) is 27.2 Å². The molecule has 1 aliphatic heterocycles. The number of hydrogen-bond donors (Lipinski definition) is 1. The van der Waals surface area contributed by atoms with Crippen molar-refractivity contribution in [1.82, 2.24) is 24.8 Å². The van der Waals surface area contributed by atoms with Crippen molar-refractivity contribution in [3.63, 3.8) is 0 Å². The van der Waals surface area contributed by atoms with Gasteiger partial charge >= 0.3 is 12.1 Å². The summed E-state index contributed by atoms with van der Waals surface area (Å²) in [7, 11) is 0. The summed E-state index contributed by atoms with van der Waals surface area (Å²) in [5.41, 5.74) is 3.37. The van der Waals surface area contributed by atoms with Crippen LogP contribution in [-0.2, 0) is 17.9 Å². The minimum Gasteiger partial charge on any atom is -0.491 e. The summed E-state index contributed by atoms with van der Waals surface area (Å²) in [5, 5.41) is 6.65. The van der Waals surface area contributed by atoms with Crippen molar-refractivity contribution >= 4 is 29.1 Å². The average Bonchev–Trinajstić information content (AvgIpc) is 3.33. The molecule has 1 aliphatic rings. The van der Waals surface area contributed by atoms with Crippen LogP contribution in [0.3, 0.4) is 0 Å². The van der Waals surface area contributed by atoms with Gasteiger partial charge in [0.25, 0.3) is 5.91 Å². The molecular weight excluding hydrogens is 482 g/mol. The number of carbonyl (C=O) groups is 2. The first-order chi connectivity index (χ1) is 16.0. The van der Waals surface area contributed by atoms with E-state index in [0.29, 0.717) is 22.1 Å². The van der Waals surface area contributed by atoms with Crippen LogP contribution < -0.4 is 10.1 Å². The van der Waals surface area contributed by atoms with Crippen molar-refractivity contribution in [2.24, 2.45) is 0 Å². The molecule has 0 saturated heterocycles. The maximum atomic E-state index is 13.8. The summed E-state index contributed by atoms with van der Waals surface area (Å²) in [4.78, 5) is 30.0. The minimum atomic E-state index is -5.03. The van der Waals surface area contributed by atoms with Gasteiger partial charge in [-0.2, -0.15) is 18.3 Å². The fourth-order valence-corrected chi connectivity index (χ4v) is 3.77. The summed E-state index contributed by atoms with van der Waals surface area (Å²) >= 11 is 6.25. The summed E-state index contributed by atoms with van der Waals surface area (Å²) < 4.78 is 57.5. The van der Waals surface area contributed by atoms with Gasteiger partial charge in [-0.3, -0.25) is 9.59 Å². The third kappa shape index (κ3) is 4.37. The zero-order valence-corrected chi connectivity index (χ0v) is 18.7. The minimum absolute atomic E-state index is 0.0222. The van der Waals surface area contributed by atoms with Crippen LogP contribution in [0, 0.1) is 19.7 Å². The first-order valence-corrected chi connectivity index (χ1v) is 10.4. The van der Waals surface area contributed by atoms with E-state index in [4.69, 9.17) is 16.3 Å². The number of rotatable bonds is 5. The Morgan fingerprint density at radius 1 is 1.24 bits per heavy atom. The Hall–Kier alpha value is -3.41. The van der Waals surface area contributed by atoms with Gasteiger partial charge < -0.3 is 15.0 Å². The van der Waals surface area contributed by atoms with Crippen LogP contribution >= 0.6 is 11.6 Å². The number of nitrogens with one attached hydrogen (secondary N) is 1. The highest BCUT2D eigenvalue weighted by Gasteiger charge is 2.38. The van der Waals surface area contributed by atoms with Crippen molar-refractivity contribution in [2.45, 2.75) is 33.1 Å². The van der Waals surface area contributed by atoms with Gasteiger partial charge in [-0.25, -0.2) is 13.9 Å². The molecule has 0 saturated carbocycles. The number of carbonyl (C=O) groups excluding carboxylic acids is 2. The highest BCUT2D eigenvalue weighted by atomic mass is 35.5. The molecule has 0 bridgehead atoms. The van der Waals surface area contributed by atoms with E-state index in [2.05, 4.69) is 10.1 Å². The first kappa shape index (κ1) is 23.7. The van der Waals surface area contributed by atoms with Crippen LogP contribution in [0.2, 0.25) is 5.02 Å². The summed E-state index contributed by atoms with van der Waals surface area (Å²) in [6.45, 7) is 3.07. The molecule has 13 heteroatoms. The summed E-state index contributed by atoms with van der Waals surface area (Å²) in [5.74, 6) is -3.44. The zero-order chi connectivity index (χ0) is 24.8. The molecule has 0 unspecified atom stereocenters. The van der Waals surface area contributed by atoms with Crippen LogP contribution in [0.25, 0.3) is 5.65 Å². The highest BCUT2D eigenvalue weighted by molar-refractivity contribution is 6.31. The number of nitrogens with zero attached hydrogens (tertiary/aromatic N) is 4. The van der Waals surface area contributed by atoms with E-state index < -0.39 is 37.0 Å².